The Morgan fingerprint density at radius 3 is 2.29 bits per heavy atom. The third kappa shape index (κ3) is 3.27. The Morgan fingerprint density at radius 1 is 1.24 bits per heavy atom. The van der Waals surface area contributed by atoms with Crippen LogP contribution >= 0.6 is 0 Å². The van der Waals surface area contributed by atoms with Crippen molar-refractivity contribution in [2.75, 3.05) is 27.3 Å². The van der Waals surface area contributed by atoms with E-state index >= 15 is 0 Å². The van der Waals surface area contributed by atoms with Gasteiger partial charge in [0.05, 0.1) is 23.2 Å². The zero-order valence-electron chi connectivity index (χ0n) is 12.4. The highest BCUT2D eigenvalue weighted by molar-refractivity contribution is 7.89. The number of aliphatic hydroxyl groups is 1. The van der Waals surface area contributed by atoms with Crippen molar-refractivity contribution in [3.05, 3.63) is 29.8 Å². The highest BCUT2D eigenvalue weighted by atomic mass is 32.2. The number of aliphatic hydroxyl groups excluding tert-OH is 1. The van der Waals surface area contributed by atoms with Crippen LogP contribution in [-0.4, -0.2) is 57.3 Å². The van der Waals surface area contributed by atoms with Crippen molar-refractivity contribution in [3.63, 3.8) is 0 Å². The lowest BCUT2D eigenvalue weighted by Gasteiger charge is -2.17. The lowest BCUT2D eigenvalue weighted by atomic mass is 10.1. The minimum Gasteiger partial charge on any atom is -0.389 e. The highest BCUT2D eigenvalue weighted by Gasteiger charge is 2.39. The number of ether oxygens (including phenoxy) is 2. The summed E-state index contributed by atoms with van der Waals surface area (Å²) in [5.41, 5.74) is 0.571. The number of sulfonamides is 1. The molecule has 1 saturated heterocycles. The predicted molar refractivity (Wildman–Crippen MR) is 77.4 cm³/mol. The summed E-state index contributed by atoms with van der Waals surface area (Å²) in [5, 5.41) is 9.59. The molecule has 1 aromatic rings. The molecule has 0 aliphatic carbocycles. The lowest BCUT2D eigenvalue weighted by molar-refractivity contribution is -0.00461. The fraction of sp³-hybridized carbons (Fsp3) is 0.571. The van der Waals surface area contributed by atoms with Crippen molar-refractivity contribution < 1.29 is 23.0 Å². The van der Waals surface area contributed by atoms with Gasteiger partial charge < -0.3 is 14.6 Å². The first-order valence-corrected chi connectivity index (χ1v) is 8.18. The van der Waals surface area contributed by atoms with Crippen molar-refractivity contribution >= 4 is 10.0 Å². The molecule has 21 heavy (non-hydrogen) atoms. The Balaban J connectivity index is 2.29. The molecule has 0 radical (unpaired) electrons. The minimum absolute atomic E-state index is 0.174. The molecule has 6 nitrogen and oxygen atoms in total. The van der Waals surface area contributed by atoms with E-state index in [4.69, 9.17) is 9.47 Å². The molecule has 2 rings (SSSR count). The van der Waals surface area contributed by atoms with Crippen LogP contribution in [0.1, 0.15) is 18.6 Å². The number of rotatable bonds is 5. The van der Waals surface area contributed by atoms with Gasteiger partial charge in [0.1, 0.15) is 0 Å². The summed E-state index contributed by atoms with van der Waals surface area (Å²) < 4.78 is 37.2. The third-order valence-electron chi connectivity index (χ3n) is 3.77. The highest BCUT2D eigenvalue weighted by Crippen LogP contribution is 2.25. The molecule has 3 atom stereocenters. The molecule has 0 aromatic heterocycles. The fourth-order valence-corrected chi connectivity index (χ4v) is 3.96. The largest absolute Gasteiger partial charge is 0.389 e. The van der Waals surface area contributed by atoms with E-state index in [1.54, 1.807) is 33.3 Å². The van der Waals surface area contributed by atoms with Crippen LogP contribution in [0.2, 0.25) is 0 Å². The smallest absolute Gasteiger partial charge is 0.243 e. The number of hydrogen-bond acceptors (Lipinski definition) is 5. The van der Waals surface area contributed by atoms with Crippen LogP contribution < -0.4 is 0 Å². The quantitative estimate of drug-likeness (QED) is 0.869. The fourth-order valence-electron chi connectivity index (χ4n) is 2.44. The van der Waals surface area contributed by atoms with Gasteiger partial charge in [-0.25, -0.2) is 8.42 Å². The normalized spacial score (nSPS) is 25.1. The third-order valence-corrected chi connectivity index (χ3v) is 5.59. The zero-order chi connectivity index (χ0) is 15.6. The van der Waals surface area contributed by atoms with Crippen molar-refractivity contribution in [3.8, 4) is 0 Å². The van der Waals surface area contributed by atoms with E-state index in [0.717, 1.165) is 0 Å². The maximum absolute atomic E-state index is 12.7. The van der Waals surface area contributed by atoms with Gasteiger partial charge in [-0.05, 0) is 24.6 Å². The standard InChI is InChI=1S/C14H21NO5S/c1-10(16)11-5-4-6-12(7-11)21(17,18)15-8-13(19-2)14(9-15)20-3/h4-7,10,13-14,16H,8-9H2,1-3H3. The summed E-state index contributed by atoms with van der Waals surface area (Å²) in [4.78, 5) is 0.174. The minimum atomic E-state index is -3.62. The van der Waals surface area contributed by atoms with Crippen LogP contribution in [0.5, 0.6) is 0 Å². The molecule has 118 valence electrons. The number of hydrogen-bond donors (Lipinski definition) is 1. The first-order valence-electron chi connectivity index (χ1n) is 6.74. The van der Waals surface area contributed by atoms with E-state index in [9.17, 15) is 13.5 Å². The van der Waals surface area contributed by atoms with Gasteiger partial charge in [0.2, 0.25) is 10.0 Å². The second-order valence-corrected chi connectivity index (χ2v) is 7.06. The SMILES string of the molecule is COC1CN(S(=O)(=O)c2cccc(C(C)O)c2)CC1OC. The second-order valence-electron chi connectivity index (χ2n) is 5.12. The van der Waals surface area contributed by atoms with Gasteiger partial charge in [0.15, 0.2) is 0 Å². The first kappa shape index (κ1) is 16.4. The summed E-state index contributed by atoms with van der Waals surface area (Å²) in [6.07, 6.45) is -1.26. The molecule has 1 fully saturated rings. The average Bonchev–Trinajstić information content (AvgIpc) is 2.91. The molecule has 0 bridgehead atoms. The summed E-state index contributed by atoms with van der Waals surface area (Å²) in [5.74, 6) is 0. The summed E-state index contributed by atoms with van der Waals surface area (Å²) in [7, 11) is -0.533. The molecular weight excluding hydrogens is 294 g/mol. The van der Waals surface area contributed by atoms with Crippen LogP contribution in [0.3, 0.4) is 0 Å². The van der Waals surface area contributed by atoms with Crippen LogP contribution in [0.15, 0.2) is 29.2 Å². The summed E-state index contributed by atoms with van der Waals surface area (Å²) in [6.45, 7) is 2.12. The van der Waals surface area contributed by atoms with Gasteiger partial charge >= 0.3 is 0 Å². The van der Waals surface area contributed by atoms with E-state index < -0.39 is 16.1 Å². The number of methoxy groups -OCH3 is 2. The molecule has 1 aromatic carbocycles. The van der Waals surface area contributed by atoms with Crippen LogP contribution in [0.4, 0.5) is 0 Å². The van der Waals surface area contributed by atoms with Gasteiger partial charge in [-0.2, -0.15) is 4.31 Å². The molecule has 1 aliphatic rings. The Hall–Kier alpha value is -0.990. The molecule has 1 heterocycles. The van der Waals surface area contributed by atoms with Crippen molar-refractivity contribution in [1.82, 2.24) is 4.31 Å². The molecule has 0 spiro atoms. The molecule has 0 amide bonds. The Kier molecular flexibility index (Phi) is 5.00. The zero-order valence-corrected chi connectivity index (χ0v) is 13.2. The van der Waals surface area contributed by atoms with Crippen molar-refractivity contribution in [2.24, 2.45) is 0 Å². The van der Waals surface area contributed by atoms with Gasteiger partial charge in [0, 0.05) is 27.3 Å². The Morgan fingerprint density at radius 2 is 1.81 bits per heavy atom. The summed E-state index contributed by atoms with van der Waals surface area (Å²) in [6, 6.07) is 6.36. The van der Waals surface area contributed by atoms with Crippen LogP contribution in [0, 0.1) is 0 Å². The van der Waals surface area contributed by atoms with E-state index in [2.05, 4.69) is 0 Å². The van der Waals surface area contributed by atoms with E-state index in [1.807, 2.05) is 0 Å². The second kappa shape index (κ2) is 6.41. The molecule has 1 aliphatic heterocycles. The predicted octanol–water partition coefficient (Wildman–Crippen LogP) is 0.774. The maximum Gasteiger partial charge on any atom is 0.243 e. The van der Waals surface area contributed by atoms with Gasteiger partial charge in [0.25, 0.3) is 0 Å². The number of nitrogens with zero attached hydrogens (tertiary/aromatic N) is 1. The molecule has 0 saturated carbocycles. The summed E-state index contributed by atoms with van der Waals surface area (Å²) >= 11 is 0. The van der Waals surface area contributed by atoms with Crippen LogP contribution in [0.25, 0.3) is 0 Å². The molecule has 3 unspecified atom stereocenters. The monoisotopic (exact) mass is 315 g/mol. The first-order chi connectivity index (χ1) is 9.90. The average molecular weight is 315 g/mol. The molecule has 7 heteroatoms. The van der Waals surface area contributed by atoms with Gasteiger partial charge in [-0.1, -0.05) is 12.1 Å². The Labute approximate surface area is 125 Å². The van der Waals surface area contributed by atoms with Gasteiger partial charge in [-0.3, -0.25) is 0 Å². The molecular formula is C14H21NO5S. The topological polar surface area (TPSA) is 76.1 Å². The van der Waals surface area contributed by atoms with E-state index in [0.29, 0.717) is 5.56 Å². The van der Waals surface area contributed by atoms with Crippen molar-refractivity contribution in [2.45, 2.75) is 30.1 Å². The molecule has 1 N–H and O–H groups in total. The van der Waals surface area contributed by atoms with Crippen LogP contribution in [-0.2, 0) is 19.5 Å². The maximum atomic E-state index is 12.7. The van der Waals surface area contributed by atoms with Gasteiger partial charge in [-0.15, -0.1) is 0 Å². The van der Waals surface area contributed by atoms with Crippen molar-refractivity contribution in [1.29, 1.82) is 0 Å². The Bertz CT molecular complexity index is 575. The van der Waals surface area contributed by atoms with E-state index in [1.165, 1.54) is 16.4 Å². The number of benzene rings is 1. The lowest BCUT2D eigenvalue weighted by Crippen LogP contribution is -2.30. The van der Waals surface area contributed by atoms with E-state index in [-0.39, 0.29) is 30.2 Å².